The Hall–Kier alpha value is -2.27. The molecule has 0 saturated heterocycles. The summed E-state index contributed by atoms with van der Waals surface area (Å²) in [6.45, 7) is 7.41. The first-order valence-corrected chi connectivity index (χ1v) is 8.14. The Labute approximate surface area is 138 Å². The molecule has 0 bridgehead atoms. The van der Waals surface area contributed by atoms with Gasteiger partial charge in [0.05, 0.1) is 5.69 Å². The van der Waals surface area contributed by atoms with Crippen molar-refractivity contribution < 1.29 is 9.18 Å². The number of carbonyl (C=O) groups excluding carboxylic acids is 1. The Morgan fingerprint density at radius 3 is 2.39 bits per heavy atom. The van der Waals surface area contributed by atoms with Gasteiger partial charge < -0.3 is 4.98 Å². The minimum atomic E-state index is -0.260. The highest BCUT2D eigenvalue weighted by atomic mass is 32.1. The number of thiazole rings is 1. The van der Waals surface area contributed by atoms with Crippen LogP contribution in [0.2, 0.25) is 0 Å². The lowest BCUT2D eigenvalue weighted by Crippen LogP contribution is -1.95. The molecule has 0 aliphatic carbocycles. The number of H-pyrrole nitrogens is 1. The van der Waals surface area contributed by atoms with Crippen molar-refractivity contribution in [2.45, 2.75) is 27.7 Å². The van der Waals surface area contributed by atoms with E-state index in [1.165, 1.54) is 12.1 Å². The number of aryl methyl sites for hydroxylation is 2. The van der Waals surface area contributed by atoms with Crippen molar-refractivity contribution in [1.82, 2.24) is 9.97 Å². The number of ketones is 1. The van der Waals surface area contributed by atoms with Gasteiger partial charge in [-0.25, -0.2) is 9.37 Å². The van der Waals surface area contributed by atoms with E-state index in [2.05, 4.69) is 4.98 Å². The summed E-state index contributed by atoms with van der Waals surface area (Å²) in [6.07, 6.45) is 0. The number of rotatable bonds is 3. The van der Waals surface area contributed by atoms with E-state index in [0.29, 0.717) is 0 Å². The molecule has 1 aromatic carbocycles. The summed E-state index contributed by atoms with van der Waals surface area (Å²) in [7, 11) is 0. The van der Waals surface area contributed by atoms with E-state index in [1.54, 1.807) is 30.4 Å². The second kappa shape index (κ2) is 5.74. The maximum absolute atomic E-state index is 13.1. The molecule has 0 radical (unpaired) electrons. The Kier molecular flexibility index (Phi) is 3.90. The molecular formula is C18H17FN2OS. The van der Waals surface area contributed by atoms with Crippen molar-refractivity contribution in [3.05, 3.63) is 51.8 Å². The molecule has 0 amide bonds. The summed E-state index contributed by atoms with van der Waals surface area (Å²) >= 11 is 1.56. The van der Waals surface area contributed by atoms with E-state index in [-0.39, 0.29) is 11.6 Å². The molecule has 3 aromatic rings. The smallest absolute Gasteiger partial charge is 0.161 e. The fourth-order valence-corrected chi connectivity index (χ4v) is 3.78. The summed E-state index contributed by atoms with van der Waals surface area (Å²) in [5, 5.41) is 0.841. The van der Waals surface area contributed by atoms with Crippen molar-refractivity contribution in [1.29, 1.82) is 0 Å². The first kappa shape index (κ1) is 15.6. The fraction of sp³-hybridized carbons (Fsp3) is 0.222. The van der Waals surface area contributed by atoms with Crippen LogP contribution in [0.1, 0.15) is 33.4 Å². The van der Waals surface area contributed by atoms with E-state index in [9.17, 15) is 9.18 Å². The molecule has 3 nitrogen and oxygen atoms in total. The third kappa shape index (κ3) is 2.72. The molecule has 0 spiro atoms. The normalized spacial score (nSPS) is 11.0. The largest absolute Gasteiger partial charge is 0.356 e. The van der Waals surface area contributed by atoms with Gasteiger partial charge in [-0.1, -0.05) is 0 Å². The van der Waals surface area contributed by atoms with Crippen molar-refractivity contribution in [3.8, 4) is 22.0 Å². The number of halogens is 1. The number of Topliss-reactive ketones (excluding diaryl/α,β-unsaturated/α-hetero) is 1. The van der Waals surface area contributed by atoms with Crippen LogP contribution in [0.3, 0.4) is 0 Å². The molecule has 0 aliphatic heterocycles. The highest BCUT2D eigenvalue weighted by Crippen LogP contribution is 2.35. The van der Waals surface area contributed by atoms with Gasteiger partial charge in [-0.15, -0.1) is 11.3 Å². The molecule has 0 fully saturated rings. The summed E-state index contributed by atoms with van der Waals surface area (Å²) in [4.78, 5) is 20.9. The average molecular weight is 328 g/mol. The highest BCUT2D eigenvalue weighted by molar-refractivity contribution is 7.15. The molecule has 3 rings (SSSR count). The van der Waals surface area contributed by atoms with E-state index in [1.807, 2.05) is 20.8 Å². The van der Waals surface area contributed by atoms with Crippen molar-refractivity contribution in [3.63, 3.8) is 0 Å². The standard InChI is InChI=1S/C18H17FN2OS/c1-9-15(11(3)22)10(2)20-16(9)17-12(4)23-18(21-17)13-5-7-14(19)8-6-13/h5-8,20H,1-4H3. The van der Waals surface area contributed by atoms with Crippen LogP contribution in [0.15, 0.2) is 24.3 Å². The maximum atomic E-state index is 13.1. The lowest BCUT2D eigenvalue weighted by atomic mass is 10.1. The third-order valence-electron chi connectivity index (χ3n) is 3.91. The van der Waals surface area contributed by atoms with Crippen molar-refractivity contribution in [2.24, 2.45) is 0 Å². The van der Waals surface area contributed by atoms with Gasteiger partial charge in [0.15, 0.2) is 5.78 Å². The zero-order chi connectivity index (χ0) is 16.7. The zero-order valence-electron chi connectivity index (χ0n) is 13.5. The number of nitrogens with zero attached hydrogens (tertiary/aromatic N) is 1. The average Bonchev–Trinajstić information content (AvgIpc) is 3.00. The number of aromatic nitrogens is 2. The van der Waals surface area contributed by atoms with Crippen LogP contribution in [0.5, 0.6) is 0 Å². The van der Waals surface area contributed by atoms with Gasteiger partial charge in [0.1, 0.15) is 16.5 Å². The molecule has 5 heteroatoms. The van der Waals surface area contributed by atoms with Gasteiger partial charge in [-0.3, -0.25) is 4.79 Å². The number of hydrogen-bond donors (Lipinski definition) is 1. The molecule has 0 saturated carbocycles. The van der Waals surface area contributed by atoms with Gasteiger partial charge in [0, 0.05) is 21.7 Å². The minimum Gasteiger partial charge on any atom is -0.356 e. The first-order valence-electron chi connectivity index (χ1n) is 7.32. The number of nitrogens with one attached hydrogen (secondary N) is 1. The SMILES string of the molecule is CC(=O)c1c(C)[nH]c(-c2nc(-c3ccc(F)cc3)sc2C)c1C. The molecule has 0 aliphatic rings. The van der Waals surface area contributed by atoms with Gasteiger partial charge >= 0.3 is 0 Å². The number of carbonyl (C=O) groups is 1. The number of aromatic amines is 1. The number of benzene rings is 1. The quantitative estimate of drug-likeness (QED) is 0.682. The first-order chi connectivity index (χ1) is 10.9. The molecule has 0 unspecified atom stereocenters. The minimum absolute atomic E-state index is 0.0501. The lowest BCUT2D eigenvalue weighted by Gasteiger charge is -1.99. The van der Waals surface area contributed by atoms with Crippen LogP contribution in [0.25, 0.3) is 22.0 Å². The van der Waals surface area contributed by atoms with Gasteiger partial charge in [0.2, 0.25) is 0 Å². The summed E-state index contributed by atoms with van der Waals surface area (Å²) in [5.41, 5.74) is 5.14. The van der Waals surface area contributed by atoms with E-state index < -0.39 is 0 Å². The van der Waals surface area contributed by atoms with Crippen molar-refractivity contribution >= 4 is 17.1 Å². The topological polar surface area (TPSA) is 45.8 Å². The fourth-order valence-electron chi connectivity index (χ4n) is 2.86. The zero-order valence-corrected chi connectivity index (χ0v) is 14.3. The van der Waals surface area contributed by atoms with E-state index in [0.717, 1.165) is 43.7 Å². The number of hydrogen-bond acceptors (Lipinski definition) is 3. The van der Waals surface area contributed by atoms with Crippen LogP contribution < -0.4 is 0 Å². The van der Waals surface area contributed by atoms with Crippen LogP contribution in [-0.2, 0) is 0 Å². The molecule has 1 N–H and O–H groups in total. The molecule has 0 atom stereocenters. The van der Waals surface area contributed by atoms with E-state index in [4.69, 9.17) is 4.98 Å². The Morgan fingerprint density at radius 2 is 1.83 bits per heavy atom. The molecule has 23 heavy (non-hydrogen) atoms. The summed E-state index contributed by atoms with van der Waals surface area (Å²) in [5.74, 6) is -0.210. The summed E-state index contributed by atoms with van der Waals surface area (Å²) in [6, 6.07) is 6.32. The van der Waals surface area contributed by atoms with Crippen LogP contribution >= 0.6 is 11.3 Å². The summed E-state index contributed by atoms with van der Waals surface area (Å²) < 4.78 is 13.1. The van der Waals surface area contributed by atoms with Gasteiger partial charge in [0.25, 0.3) is 0 Å². The predicted molar refractivity (Wildman–Crippen MR) is 91.5 cm³/mol. The molecule has 118 valence electrons. The van der Waals surface area contributed by atoms with Crippen LogP contribution in [0.4, 0.5) is 4.39 Å². The Balaban J connectivity index is 2.10. The second-order valence-corrected chi connectivity index (χ2v) is 6.82. The molecular weight excluding hydrogens is 311 g/mol. The second-order valence-electron chi connectivity index (χ2n) is 5.61. The maximum Gasteiger partial charge on any atom is 0.161 e. The monoisotopic (exact) mass is 328 g/mol. The highest BCUT2D eigenvalue weighted by Gasteiger charge is 2.20. The Bertz CT molecular complexity index is 891. The third-order valence-corrected chi connectivity index (χ3v) is 4.93. The van der Waals surface area contributed by atoms with Gasteiger partial charge in [-0.2, -0.15) is 0 Å². The van der Waals surface area contributed by atoms with Crippen molar-refractivity contribution in [2.75, 3.05) is 0 Å². The molecule has 2 heterocycles. The Morgan fingerprint density at radius 1 is 1.17 bits per heavy atom. The molecule has 2 aromatic heterocycles. The van der Waals surface area contributed by atoms with Crippen LogP contribution in [-0.4, -0.2) is 15.8 Å². The predicted octanol–water partition coefficient (Wildman–Crippen LogP) is 5.07. The van der Waals surface area contributed by atoms with Gasteiger partial charge in [-0.05, 0) is 57.5 Å². The van der Waals surface area contributed by atoms with Crippen LogP contribution in [0, 0.1) is 26.6 Å². The lowest BCUT2D eigenvalue weighted by molar-refractivity contribution is 0.101. The van der Waals surface area contributed by atoms with E-state index >= 15 is 0 Å².